The van der Waals surface area contributed by atoms with Crippen LogP contribution in [0.2, 0.25) is 0 Å². The van der Waals surface area contributed by atoms with E-state index in [1.54, 1.807) is 6.07 Å². The molecule has 2 rings (SSSR count). The van der Waals surface area contributed by atoms with Crippen molar-refractivity contribution in [1.82, 2.24) is 5.32 Å². The van der Waals surface area contributed by atoms with Gasteiger partial charge in [0.25, 0.3) is 5.91 Å². The van der Waals surface area contributed by atoms with Gasteiger partial charge in [-0.25, -0.2) is 0 Å². The first-order chi connectivity index (χ1) is 11.6. The first kappa shape index (κ1) is 17.8. The number of aliphatic hydroxyl groups is 1. The second-order valence-electron chi connectivity index (χ2n) is 5.71. The lowest BCUT2D eigenvalue weighted by molar-refractivity contribution is 0.0944. The maximum absolute atomic E-state index is 12.1. The van der Waals surface area contributed by atoms with E-state index in [4.69, 9.17) is 5.11 Å². The topological polar surface area (TPSA) is 61.4 Å². The summed E-state index contributed by atoms with van der Waals surface area (Å²) < 4.78 is 0. The number of benzene rings is 2. The molecule has 1 amide bonds. The van der Waals surface area contributed by atoms with Gasteiger partial charge in [-0.1, -0.05) is 48.0 Å². The Morgan fingerprint density at radius 3 is 2.58 bits per heavy atom. The number of carbonyl (C=O) groups excluding carboxylic acids is 1. The Morgan fingerprint density at radius 2 is 1.88 bits per heavy atom. The van der Waals surface area contributed by atoms with Crippen LogP contribution in [0.25, 0.3) is 6.08 Å². The standard InChI is InChI=1S/C20H24N2O2/c1-15(13-17-7-4-3-5-8-17)14-22-19-10-6-9-18(16(19)2)20(24)21-11-12-23/h3-10,13,22-23H,11-12,14H2,1-2H3,(H,21,24)/b15-13-. The number of carbonyl (C=O) groups is 1. The van der Waals surface area contributed by atoms with Crippen molar-refractivity contribution in [1.29, 1.82) is 0 Å². The Hall–Kier alpha value is -2.59. The van der Waals surface area contributed by atoms with E-state index in [0.717, 1.165) is 11.3 Å². The normalized spacial score (nSPS) is 11.2. The predicted molar refractivity (Wildman–Crippen MR) is 99.2 cm³/mol. The fraction of sp³-hybridized carbons (Fsp3) is 0.250. The molecule has 0 fully saturated rings. The molecule has 4 nitrogen and oxygen atoms in total. The lowest BCUT2D eigenvalue weighted by Gasteiger charge is -2.13. The monoisotopic (exact) mass is 324 g/mol. The van der Waals surface area contributed by atoms with Gasteiger partial charge in [0.15, 0.2) is 0 Å². The van der Waals surface area contributed by atoms with E-state index < -0.39 is 0 Å². The summed E-state index contributed by atoms with van der Waals surface area (Å²) in [4.78, 5) is 12.1. The summed E-state index contributed by atoms with van der Waals surface area (Å²) in [5.41, 5.74) is 4.84. The Balaban J connectivity index is 2.05. The second-order valence-corrected chi connectivity index (χ2v) is 5.71. The van der Waals surface area contributed by atoms with Gasteiger partial charge in [0, 0.05) is 24.3 Å². The van der Waals surface area contributed by atoms with Crippen LogP contribution < -0.4 is 10.6 Å². The fourth-order valence-electron chi connectivity index (χ4n) is 2.46. The van der Waals surface area contributed by atoms with Gasteiger partial charge in [-0.2, -0.15) is 0 Å². The molecule has 0 bridgehead atoms. The number of anilines is 1. The third-order valence-electron chi connectivity index (χ3n) is 3.75. The van der Waals surface area contributed by atoms with Gasteiger partial charge in [0.1, 0.15) is 0 Å². The maximum Gasteiger partial charge on any atom is 0.251 e. The van der Waals surface area contributed by atoms with Crippen LogP contribution in [0.15, 0.2) is 54.1 Å². The second kappa shape index (κ2) is 8.89. The summed E-state index contributed by atoms with van der Waals surface area (Å²) in [6.07, 6.45) is 2.14. The van der Waals surface area contributed by atoms with Gasteiger partial charge in [-0.3, -0.25) is 4.79 Å². The van der Waals surface area contributed by atoms with Crippen molar-refractivity contribution in [2.24, 2.45) is 0 Å². The average Bonchev–Trinajstić information content (AvgIpc) is 2.59. The van der Waals surface area contributed by atoms with Gasteiger partial charge >= 0.3 is 0 Å². The first-order valence-electron chi connectivity index (χ1n) is 8.06. The largest absolute Gasteiger partial charge is 0.395 e. The molecule has 0 saturated carbocycles. The lowest BCUT2D eigenvalue weighted by atomic mass is 10.1. The third kappa shape index (κ3) is 4.96. The van der Waals surface area contributed by atoms with Crippen LogP contribution in [-0.2, 0) is 0 Å². The van der Waals surface area contributed by atoms with E-state index in [1.165, 1.54) is 11.1 Å². The molecular formula is C20H24N2O2. The molecule has 0 aromatic heterocycles. The first-order valence-corrected chi connectivity index (χ1v) is 8.06. The molecule has 0 aliphatic carbocycles. The van der Waals surface area contributed by atoms with Crippen molar-refractivity contribution in [2.75, 3.05) is 25.0 Å². The molecule has 2 aromatic carbocycles. The summed E-state index contributed by atoms with van der Waals surface area (Å²) in [6, 6.07) is 15.8. The highest BCUT2D eigenvalue weighted by Gasteiger charge is 2.10. The molecule has 0 aliphatic heterocycles. The highest BCUT2D eigenvalue weighted by molar-refractivity contribution is 5.97. The number of hydrogen-bond acceptors (Lipinski definition) is 3. The highest BCUT2D eigenvalue weighted by Crippen LogP contribution is 2.19. The van der Waals surface area contributed by atoms with E-state index in [2.05, 4.69) is 35.8 Å². The van der Waals surface area contributed by atoms with Crippen LogP contribution in [0.1, 0.15) is 28.4 Å². The third-order valence-corrected chi connectivity index (χ3v) is 3.75. The Bertz CT molecular complexity index is 709. The molecule has 0 atom stereocenters. The fourth-order valence-corrected chi connectivity index (χ4v) is 2.46. The van der Waals surface area contributed by atoms with E-state index in [0.29, 0.717) is 12.1 Å². The van der Waals surface area contributed by atoms with E-state index in [1.807, 2.05) is 37.3 Å². The smallest absolute Gasteiger partial charge is 0.251 e. The van der Waals surface area contributed by atoms with Crippen LogP contribution in [-0.4, -0.2) is 30.7 Å². The number of aliphatic hydroxyl groups excluding tert-OH is 1. The van der Waals surface area contributed by atoms with Crippen LogP contribution in [0.4, 0.5) is 5.69 Å². The molecule has 0 radical (unpaired) electrons. The Labute approximate surface area is 143 Å². The minimum Gasteiger partial charge on any atom is -0.395 e. The van der Waals surface area contributed by atoms with Crippen molar-refractivity contribution in [3.8, 4) is 0 Å². The van der Waals surface area contributed by atoms with Crippen molar-refractivity contribution >= 4 is 17.7 Å². The zero-order chi connectivity index (χ0) is 17.4. The minimum absolute atomic E-state index is 0.0633. The number of rotatable bonds is 7. The zero-order valence-electron chi connectivity index (χ0n) is 14.2. The quantitative estimate of drug-likeness (QED) is 0.733. The molecule has 2 aromatic rings. The zero-order valence-corrected chi connectivity index (χ0v) is 14.2. The average molecular weight is 324 g/mol. The molecule has 0 spiro atoms. The van der Waals surface area contributed by atoms with Crippen molar-refractivity contribution in [2.45, 2.75) is 13.8 Å². The summed E-state index contributed by atoms with van der Waals surface area (Å²) in [5.74, 6) is -0.165. The summed E-state index contributed by atoms with van der Waals surface area (Å²) in [6.45, 7) is 4.90. The molecule has 0 saturated heterocycles. The minimum atomic E-state index is -0.165. The SMILES string of the molecule is C/C(=C/c1ccccc1)CNc1cccc(C(=O)NCCO)c1C. The van der Waals surface area contributed by atoms with E-state index in [-0.39, 0.29) is 19.1 Å². The Morgan fingerprint density at radius 1 is 1.12 bits per heavy atom. The lowest BCUT2D eigenvalue weighted by Crippen LogP contribution is -2.27. The van der Waals surface area contributed by atoms with Gasteiger partial charge in [0.05, 0.1) is 6.61 Å². The van der Waals surface area contributed by atoms with Crippen LogP contribution >= 0.6 is 0 Å². The molecule has 0 heterocycles. The van der Waals surface area contributed by atoms with Gasteiger partial charge in [-0.15, -0.1) is 0 Å². The van der Waals surface area contributed by atoms with Gasteiger partial charge in [0.2, 0.25) is 0 Å². The van der Waals surface area contributed by atoms with E-state index in [9.17, 15) is 4.79 Å². The van der Waals surface area contributed by atoms with Crippen molar-refractivity contribution in [3.05, 3.63) is 70.8 Å². The summed E-state index contributed by atoms with van der Waals surface area (Å²) in [7, 11) is 0. The molecule has 4 heteroatoms. The van der Waals surface area contributed by atoms with Gasteiger partial charge in [-0.05, 0) is 37.1 Å². The molecule has 3 N–H and O–H groups in total. The Kier molecular flexibility index (Phi) is 6.58. The number of nitrogens with one attached hydrogen (secondary N) is 2. The molecular weight excluding hydrogens is 300 g/mol. The molecule has 0 aliphatic rings. The summed E-state index contributed by atoms with van der Waals surface area (Å²) in [5, 5.41) is 14.9. The molecule has 24 heavy (non-hydrogen) atoms. The van der Waals surface area contributed by atoms with Gasteiger partial charge < -0.3 is 15.7 Å². The van der Waals surface area contributed by atoms with Crippen LogP contribution in [0.3, 0.4) is 0 Å². The molecule has 126 valence electrons. The van der Waals surface area contributed by atoms with E-state index >= 15 is 0 Å². The van der Waals surface area contributed by atoms with Crippen molar-refractivity contribution in [3.63, 3.8) is 0 Å². The predicted octanol–water partition coefficient (Wildman–Crippen LogP) is 3.23. The highest BCUT2D eigenvalue weighted by atomic mass is 16.3. The van der Waals surface area contributed by atoms with Crippen molar-refractivity contribution < 1.29 is 9.90 Å². The van der Waals surface area contributed by atoms with Crippen LogP contribution in [0, 0.1) is 6.92 Å². The number of amides is 1. The maximum atomic E-state index is 12.1. The van der Waals surface area contributed by atoms with Crippen LogP contribution in [0.5, 0.6) is 0 Å². The summed E-state index contributed by atoms with van der Waals surface area (Å²) >= 11 is 0. The molecule has 0 unspecified atom stereocenters. The number of hydrogen-bond donors (Lipinski definition) is 3.